The highest BCUT2D eigenvalue weighted by molar-refractivity contribution is 5.77. The van der Waals surface area contributed by atoms with E-state index in [0.29, 0.717) is 13.1 Å². The predicted octanol–water partition coefficient (Wildman–Crippen LogP) is 2.23. The predicted molar refractivity (Wildman–Crippen MR) is 89.3 cm³/mol. The first-order chi connectivity index (χ1) is 11.9. The Morgan fingerprint density at radius 2 is 1.84 bits per heavy atom. The molecule has 2 atom stereocenters. The lowest BCUT2D eigenvalue weighted by molar-refractivity contribution is -0.160. The zero-order chi connectivity index (χ0) is 17.9. The average molecular weight is 355 g/mol. The molecule has 0 radical (unpaired) electrons. The number of carbonyl (C=O) groups is 1. The maximum atomic E-state index is 13.4. The van der Waals surface area contributed by atoms with Gasteiger partial charge in [-0.3, -0.25) is 9.69 Å². The van der Waals surface area contributed by atoms with Crippen molar-refractivity contribution in [2.75, 3.05) is 39.3 Å². The summed E-state index contributed by atoms with van der Waals surface area (Å²) < 4.78 is 40.3. The fourth-order valence-electron chi connectivity index (χ4n) is 3.73. The molecule has 1 N–H and O–H groups in total. The van der Waals surface area contributed by atoms with E-state index in [9.17, 15) is 18.0 Å². The number of nitrogens with zero attached hydrogens (tertiary/aromatic N) is 2. The van der Waals surface area contributed by atoms with Gasteiger partial charge in [-0.05, 0) is 12.0 Å². The van der Waals surface area contributed by atoms with Crippen LogP contribution >= 0.6 is 0 Å². The summed E-state index contributed by atoms with van der Waals surface area (Å²) in [5.74, 6) is -2.14. The van der Waals surface area contributed by atoms with Crippen molar-refractivity contribution < 1.29 is 18.0 Å². The molecule has 2 fully saturated rings. The minimum atomic E-state index is -4.42. The number of nitrogens with one attached hydrogen (secondary N) is 1. The molecule has 0 bridgehead atoms. The van der Waals surface area contributed by atoms with E-state index in [0.717, 1.165) is 32.6 Å². The maximum absolute atomic E-state index is 13.4. The molecule has 2 aliphatic rings. The molecule has 1 amide bonds. The van der Waals surface area contributed by atoms with E-state index in [2.05, 4.69) is 10.2 Å². The Kier molecular flexibility index (Phi) is 5.64. The van der Waals surface area contributed by atoms with Crippen LogP contribution in [0.15, 0.2) is 30.3 Å². The van der Waals surface area contributed by atoms with Crippen LogP contribution < -0.4 is 5.32 Å². The number of hydrogen-bond donors (Lipinski definition) is 1. The Hall–Kier alpha value is -1.60. The molecule has 7 heteroatoms. The van der Waals surface area contributed by atoms with Crippen molar-refractivity contribution in [1.29, 1.82) is 0 Å². The Bertz CT molecular complexity index is 573. The molecule has 2 aliphatic heterocycles. The van der Waals surface area contributed by atoms with Crippen molar-refractivity contribution in [3.05, 3.63) is 35.9 Å². The molecular formula is C18H24F3N3O. The lowest BCUT2D eigenvalue weighted by atomic mass is 9.94. The van der Waals surface area contributed by atoms with Crippen LogP contribution in [0.25, 0.3) is 0 Å². The highest BCUT2D eigenvalue weighted by atomic mass is 19.4. The molecular weight excluding hydrogens is 331 g/mol. The third kappa shape index (κ3) is 4.52. The van der Waals surface area contributed by atoms with Gasteiger partial charge < -0.3 is 10.2 Å². The Morgan fingerprint density at radius 1 is 1.16 bits per heavy atom. The fourth-order valence-corrected chi connectivity index (χ4v) is 3.73. The first kappa shape index (κ1) is 18.2. The van der Waals surface area contributed by atoms with Crippen LogP contribution in [-0.4, -0.2) is 67.2 Å². The van der Waals surface area contributed by atoms with Crippen LogP contribution in [0.3, 0.4) is 0 Å². The van der Waals surface area contributed by atoms with Crippen LogP contribution in [0, 0.1) is 0 Å². The van der Waals surface area contributed by atoms with Gasteiger partial charge in [0.2, 0.25) is 5.91 Å². The summed E-state index contributed by atoms with van der Waals surface area (Å²) in [6, 6.07) is 7.99. The van der Waals surface area contributed by atoms with Crippen molar-refractivity contribution in [2.45, 2.75) is 31.0 Å². The van der Waals surface area contributed by atoms with Crippen LogP contribution in [0.4, 0.5) is 13.2 Å². The van der Waals surface area contributed by atoms with Crippen molar-refractivity contribution in [1.82, 2.24) is 15.1 Å². The molecule has 2 heterocycles. The molecule has 4 nitrogen and oxygen atoms in total. The lowest BCUT2D eigenvalue weighted by Gasteiger charge is -2.32. The second-order valence-electron chi connectivity index (χ2n) is 6.78. The van der Waals surface area contributed by atoms with Crippen LogP contribution in [0.1, 0.15) is 24.3 Å². The van der Waals surface area contributed by atoms with E-state index in [-0.39, 0.29) is 11.6 Å². The first-order valence-corrected chi connectivity index (χ1v) is 8.79. The van der Waals surface area contributed by atoms with Gasteiger partial charge in [-0.15, -0.1) is 0 Å². The Balaban J connectivity index is 1.62. The SMILES string of the molecule is O=C(CC(c1ccccc1)C(F)(F)F)N1CCC(N2CCNCC2)C1. The molecule has 0 aliphatic carbocycles. The third-order valence-corrected chi connectivity index (χ3v) is 5.16. The number of amides is 1. The van der Waals surface area contributed by atoms with Gasteiger partial charge in [0, 0.05) is 51.7 Å². The summed E-state index contributed by atoms with van der Waals surface area (Å²) >= 11 is 0. The molecule has 0 spiro atoms. The zero-order valence-electron chi connectivity index (χ0n) is 14.1. The summed E-state index contributed by atoms with van der Waals surface area (Å²) in [4.78, 5) is 16.4. The van der Waals surface area contributed by atoms with Gasteiger partial charge in [0.25, 0.3) is 0 Å². The second kappa shape index (κ2) is 7.74. The van der Waals surface area contributed by atoms with Crippen LogP contribution in [0.5, 0.6) is 0 Å². The number of halogens is 3. The van der Waals surface area contributed by atoms with Crippen molar-refractivity contribution in [2.24, 2.45) is 0 Å². The maximum Gasteiger partial charge on any atom is 0.396 e. The van der Waals surface area contributed by atoms with E-state index >= 15 is 0 Å². The number of hydrogen-bond acceptors (Lipinski definition) is 3. The van der Waals surface area contributed by atoms with Gasteiger partial charge in [0.15, 0.2) is 0 Å². The summed E-state index contributed by atoms with van der Waals surface area (Å²) in [5, 5.41) is 3.29. The highest BCUT2D eigenvalue weighted by Crippen LogP contribution is 2.38. The topological polar surface area (TPSA) is 35.6 Å². The minimum Gasteiger partial charge on any atom is -0.341 e. The van der Waals surface area contributed by atoms with E-state index < -0.39 is 24.4 Å². The van der Waals surface area contributed by atoms with E-state index in [1.165, 1.54) is 12.1 Å². The van der Waals surface area contributed by atoms with Gasteiger partial charge in [-0.2, -0.15) is 13.2 Å². The quantitative estimate of drug-likeness (QED) is 0.900. The lowest BCUT2D eigenvalue weighted by Crippen LogP contribution is -2.49. The fraction of sp³-hybridized carbons (Fsp3) is 0.611. The summed E-state index contributed by atoms with van der Waals surface area (Å²) in [6.45, 7) is 4.80. The van der Waals surface area contributed by atoms with Gasteiger partial charge in [-0.1, -0.05) is 30.3 Å². The number of rotatable bonds is 4. The van der Waals surface area contributed by atoms with Gasteiger partial charge in [0.1, 0.15) is 0 Å². The zero-order valence-corrected chi connectivity index (χ0v) is 14.1. The van der Waals surface area contributed by atoms with Crippen molar-refractivity contribution in [3.63, 3.8) is 0 Å². The van der Waals surface area contributed by atoms with Crippen LogP contribution in [-0.2, 0) is 4.79 Å². The van der Waals surface area contributed by atoms with Gasteiger partial charge in [-0.25, -0.2) is 0 Å². The van der Waals surface area contributed by atoms with E-state index in [4.69, 9.17) is 0 Å². The first-order valence-electron chi connectivity index (χ1n) is 8.79. The molecule has 0 saturated carbocycles. The Morgan fingerprint density at radius 3 is 2.48 bits per heavy atom. The smallest absolute Gasteiger partial charge is 0.341 e. The number of piperazine rings is 1. The van der Waals surface area contributed by atoms with Gasteiger partial charge in [0.05, 0.1) is 5.92 Å². The summed E-state index contributed by atoms with van der Waals surface area (Å²) in [6.07, 6.45) is -4.09. The molecule has 138 valence electrons. The number of alkyl halides is 3. The molecule has 1 aromatic rings. The standard InChI is InChI=1S/C18H24F3N3O/c19-18(20,21)16(14-4-2-1-3-5-14)12-17(25)24-9-6-15(13-24)23-10-7-22-8-11-23/h1-5,15-16,22H,6-13H2. The van der Waals surface area contributed by atoms with Gasteiger partial charge >= 0.3 is 6.18 Å². The molecule has 1 aromatic carbocycles. The molecule has 2 unspecified atom stereocenters. The van der Waals surface area contributed by atoms with Crippen molar-refractivity contribution in [3.8, 4) is 0 Å². The number of carbonyl (C=O) groups excluding carboxylic acids is 1. The number of benzene rings is 1. The molecule has 3 rings (SSSR count). The monoisotopic (exact) mass is 355 g/mol. The number of likely N-dealkylation sites (tertiary alicyclic amines) is 1. The normalized spacial score (nSPS) is 23.6. The van der Waals surface area contributed by atoms with E-state index in [1.807, 2.05) is 0 Å². The molecule has 2 saturated heterocycles. The molecule has 0 aromatic heterocycles. The summed E-state index contributed by atoms with van der Waals surface area (Å²) in [5.41, 5.74) is 0.154. The Labute approximate surface area is 146 Å². The molecule has 25 heavy (non-hydrogen) atoms. The largest absolute Gasteiger partial charge is 0.396 e. The van der Waals surface area contributed by atoms with Crippen molar-refractivity contribution >= 4 is 5.91 Å². The second-order valence-corrected chi connectivity index (χ2v) is 6.78. The van der Waals surface area contributed by atoms with Crippen LogP contribution in [0.2, 0.25) is 0 Å². The summed E-state index contributed by atoms with van der Waals surface area (Å²) in [7, 11) is 0. The van der Waals surface area contributed by atoms with E-state index in [1.54, 1.807) is 23.1 Å². The highest BCUT2D eigenvalue weighted by Gasteiger charge is 2.43. The third-order valence-electron chi connectivity index (χ3n) is 5.16. The minimum absolute atomic E-state index is 0.154. The average Bonchev–Trinajstić information content (AvgIpc) is 3.10.